The number of ether oxygens (including phenoxy) is 2. The van der Waals surface area contributed by atoms with Gasteiger partial charge in [-0.05, 0) is 24.6 Å². The average Bonchev–Trinajstić information content (AvgIpc) is 3.01. The number of carbonyl (C=O) groups excluding carboxylic acids is 1. The standard InChI is InChI=1S/C22H22ClN3O3/c1-15-20(21(23)26(24-15)12-16-8-4-3-5-9-16)22(27)25(2)13-17-14-28-18-10-6-7-11-19(18)29-17/h3-11,17H,12-14H2,1-2H3. The summed E-state index contributed by atoms with van der Waals surface area (Å²) in [7, 11) is 1.73. The first-order valence-electron chi connectivity index (χ1n) is 9.43. The molecule has 3 aromatic rings. The highest BCUT2D eigenvalue weighted by molar-refractivity contribution is 6.33. The van der Waals surface area contributed by atoms with Crippen LogP contribution in [0, 0.1) is 6.92 Å². The van der Waals surface area contributed by atoms with E-state index in [0.717, 1.165) is 11.3 Å². The number of fused-ring (bicyclic) bond motifs is 1. The number of halogens is 1. The molecule has 1 aromatic heterocycles. The Hall–Kier alpha value is -2.99. The molecule has 7 heteroatoms. The van der Waals surface area contributed by atoms with E-state index in [1.165, 1.54) is 0 Å². The Balaban J connectivity index is 1.46. The van der Waals surface area contributed by atoms with Gasteiger partial charge in [0.2, 0.25) is 0 Å². The Morgan fingerprint density at radius 1 is 1.17 bits per heavy atom. The van der Waals surface area contributed by atoms with Crippen LogP contribution in [0.15, 0.2) is 54.6 Å². The normalized spacial score (nSPS) is 15.2. The minimum Gasteiger partial charge on any atom is -0.486 e. The average molecular weight is 412 g/mol. The number of nitrogens with zero attached hydrogens (tertiary/aromatic N) is 3. The van der Waals surface area contributed by atoms with Gasteiger partial charge in [-0.1, -0.05) is 54.1 Å². The van der Waals surface area contributed by atoms with Crippen molar-refractivity contribution in [2.75, 3.05) is 20.2 Å². The van der Waals surface area contributed by atoms with Crippen LogP contribution in [0.25, 0.3) is 0 Å². The molecule has 4 rings (SSSR count). The molecule has 2 heterocycles. The van der Waals surface area contributed by atoms with E-state index in [1.807, 2.05) is 54.6 Å². The molecule has 0 saturated heterocycles. The van der Waals surface area contributed by atoms with E-state index in [2.05, 4.69) is 5.10 Å². The molecule has 2 aromatic carbocycles. The van der Waals surface area contributed by atoms with Gasteiger partial charge in [0.1, 0.15) is 11.8 Å². The predicted molar refractivity (Wildman–Crippen MR) is 111 cm³/mol. The summed E-state index contributed by atoms with van der Waals surface area (Å²) in [6.07, 6.45) is -0.253. The number of benzene rings is 2. The summed E-state index contributed by atoms with van der Waals surface area (Å²) in [5.74, 6) is 1.22. The van der Waals surface area contributed by atoms with Gasteiger partial charge in [-0.25, -0.2) is 4.68 Å². The smallest absolute Gasteiger partial charge is 0.258 e. The second-order valence-corrected chi connectivity index (χ2v) is 7.44. The van der Waals surface area contributed by atoms with Crippen LogP contribution in [0.1, 0.15) is 21.6 Å². The highest BCUT2D eigenvalue weighted by Crippen LogP contribution is 2.31. The van der Waals surface area contributed by atoms with Gasteiger partial charge in [0.15, 0.2) is 17.6 Å². The van der Waals surface area contributed by atoms with Crippen LogP contribution in [-0.2, 0) is 6.54 Å². The van der Waals surface area contributed by atoms with Crippen molar-refractivity contribution in [3.05, 3.63) is 76.6 Å². The largest absolute Gasteiger partial charge is 0.486 e. The highest BCUT2D eigenvalue weighted by atomic mass is 35.5. The Bertz CT molecular complexity index is 1020. The fourth-order valence-electron chi connectivity index (χ4n) is 3.39. The first-order valence-corrected chi connectivity index (χ1v) is 9.81. The zero-order chi connectivity index (χ0) is 20.4. The van der Waals surface area contributed by atoms with Crippen LogP contribution in [0.5, 0.6) is 11.5 Å². The lowest BCUT2D eigenvalue weighted by Gasteiger charge is -2.29. The highest BCUT2D eigenvalue weighted by Gasteiger charge is 2.27. The van der Waals surface area contributed by atoms with Crippen LogP contribution in [-0.4, -0.2) is 46.9 Å². The summed E-state index contributed by atoms with van der Waals surface area (Å²) in [5.41, 5.74) is 2.09. The van der Waals surface area contributed by atoms with Gasteiger partial charge < -0.3 is 14.4 Å². The molecule has 150 valence electrons. The van der Waals surface area contributed by atoms with Gasteiger partial charge in [0.05, 0.1) is 24.3 Å². The molecule has 0 radical (unpaired) electrons. The Morgan fingerprint density at radius 3 is 2.62 bits per heavy atom. The summed E-state index contributed by atoms with van der Waals surface area (Å²) < 4.78 is 13.4. The lowest BCUT2D eigenvalue weighted by atomic mass is 10.2. The van der Waals surface area contributed by atoms with Crippen LogP contribution >= 0.6 is 11.6 Å². The van der Waals surface area contributed by atoms with E-state index >= 15 is 0 Å². The third kappa shape index (κ3) is 4.07. The summed E-state index contributed by atoms with van der Waals surface area (Å²) >= 11 is 6.53. The van der Waals surface area contributed by atoms with Gasteiger partial charge >= 0.3 is 0 Å². The maximum atomic E-state index is 13.1. The number of carbonyl (C=O) groups is 1. The van der Waals surface area contributed by atoms with Crippen molar-refractivity contribution in [2.24, 2.45) is 0 Å². The van der Waals surface area contributed by atoms with E-state index < -0.39 is 0 Å². The molecule has 29 heavy (non-hydrogen) atoms. The predicted octanol–water partition coefficient (Wildman–Crippen LogP) is 3.81. The molecule has 1 amide bonds. The second-order valence-electron chi connectivity index (χ2n) is 7.08. The molecular formula is C22H22ClN3O3. The van der Waals surface area contributed by atoms with E-state index in [1.54, 1.807) is 23.6 Å². The summed E-state index contributed by atoms with van der Waals surface area (Å²) in [5, 5.41) is 4.81. The summed E-state index contributed by atoms with van der Waals surface area (Å²) in [6, 6.07) is 17.4. The number of rotatable bonds is 5. The quantitative estimate of drug-likeness (QED) is 0.640. The van der Waals surface area contributed by atoms with E-state index in [9.17, 15) is 4.79 Å². The topological polar surface area (TPSA) is 56.6 Å². The molecule has 0 fully saturated rings. The first-order chi connectivity index (χ1) is 14.0. The summed E-state index contributed by atoms with van der Waals surface area (Å²) in [6.45, 7) is 3.07. The molecular weight excluding hydrogens is 390 g/mol. The third-order valence-electron chi connectivity index (χ3n) is 4.85. The molecule has 0 spiro atoms. The maximum absolute atomic E-state index is 13.1. The van der Waals surface area contributed by atoms with Crippen LogP contribution in [0.2, 0.25) is 5.15 Å². The van der Waals surface area contributed by atoms with E-state index in [0.29, 0.717) is 41.9 Å². The van der Waals surface area contributed by atoms with Gasteiger partial charge in [-0.2, -0.15) is 5.10 Å². The molecule has 0 saturated carbocycles. The van der Waals surface area contributed by atoms with Gasteiger partial charge in [0.25, 0.3) is 5.91 Å². The fourth-order valence-corrected chi connectivity index (χ4v) is 3.70. The Labute approximate surface area is 174 Å². The summed E-state index contributed by atoms with van der Waals surface area (Å²) in [4.78, 5) is 14.7. The minimum absolute atomic E-state index is 0.186. The van der Waals surface area contributed by atoms with Crippen molar-refractivity contribution in [3.8, 4) is 11.5 Å². The van der Waals surface area contributed by atoms with Crippen molar-refractivity contribution < 1.29 is 14.3 Å². The fraction of sp³-hybridized carbons (Fsp3) is 0.273. The number of hydrogen-bond donors (Lipinski definition) is 0. The number of likely N-dealkylation sites (N-methyl/N-ethyl adjacent to an activating group) is 1. The van der Waals surface area contributed by atoms with Crippen molar-refractivity contribution in [1.29, 1.82) is 0 Å². The number of para-hydroxylation sites is 2. The zero-order valence-electron chi connectivity index (χ0n) is 16.3. The number of hydrogen-bond acceptors (Lipinski definition) is 4. The molecule has 1 atom stereocenters. The monoisotopic (exact) mass is 411 g/mol. The number of aromatic nitrogens is 2. The van der Waals surface area contributed by atoms with E-state index in [-0.39, 0.29) is 12.0 Å². The number of amides is 1. The molecule has 0 bridgehead atoms. The Kier molecular flexibility index (Phi) is 5.45. The van der Waals surface area contributed by atoms with Crippen molar-refractivity contribution >= 4 is 17.5 Å². The van der Waals surface area contributed by atoms with Crippen molar-refractivity contribution in [1.82, 2.24) is 14.7 Å². The van der Waals surface area contributed by atoms with Gasteiger partial charge in [0, 0.05) is 7.05 Å². The SMILES string of the molecule is Cc1nn(Cc2ccccc2)c(Cl)c1C(=O)N(C)CC1COc2ccccc2O1. The molecule has 1 unspecified atom stereocenters. The maximum Gasteiger partial charge on any atom is 0.258 e. The number of aryl methyl sites for hydroxylation is 1. The molecule has 1 aliphatic rings. The van der Waals surface area contributed by atoms with Gasteiger partial charge in [-0.15, -0.1) is 0 Å². The lowest BCUT2D eigenvalue weighted by molar-refractivity contribution is 0.0520. The third-order valence-corrected chi connectivity index (χ3v) is 5.23. The molecule has 1 aliphatic heterocycles. The van der Waals surface area contributed by atoms with Crippen molar-refractivity contribution in [2.45, 2.75) is 19.6 Å². The van der Waals surface area contributed by atoms with Crippen molar-refractivity contribution in [3.63, 3.8) is 0 Å². The van der Waals surface area contributed by atoms with Crippen LogP contribution in [0.4, 0.5) is 0 Å². The Morgan fingerprint density at radius 2 is 1.86 bits per heavy atom. The molecule has 0 N–H and O–H groups in total. The van der Waals surface area contributed by atoms with Crippen LogP contribution in [0.3, 0.4) is 0 Å². The molecule has 6 nitrogen and oxygen atoms in total. The molecule has 0 aliphatic carbocycles. The second kappa shape index (κ2) is 8.17. The lowest BCUT2D eigenvalue weighted by Crippen LogP contribution is -2.42. The minimum atomic E-state index is -0.253. The van der Waals surface area contributed by atoms with Crippen LogP contribution < -0.4 is 9.47 Å². The van der Waals surface area contributed by atoms with Gasteiger partial charge in [-0.3, -0.25) is 4.79 Å². The first kappa shape index (κ1) is 19.3. The van der Waals surface area contributed by atoms with E-state index in [4.69, 9.17) is 21.1 Å². The zero-order valence-corrected chi connectivity index (χ0v) is 17.1.